The maximum atomic E-state index is 3.75. The Balaban J connectivity index is 1.29. The number of hydrogen-bond acceptors (Lipinski definition) is 2. The summed E-state index contributed by atoms with van der Waals surface area (Å²) in [6, 6.07) is 0.985. The van der Waals surface area contributed by atoms with Crippen molar-refractivity contribution >= 4 is 0 Å². The van der Waals surface area contributed by atoms with Crippen molar-refractivity contribution in [1.82, 2.24) is 10.2 Å². The molecule has 0 bridgehead atoms. The third-order valence-electron chi connectivity index (χ3n) is 4.97. The fourth-order valence-corrected chi connectivity index (χ4v) is 3.68. The van der Waals surface area contributed by atoms with Crippen molar-refractivity contribution in [1.29, 1.82) is 0 Å². The highest BCUT2D eigenvalue weighted by Crippen LogP contribution is 2.31. The van der Waals surface area contributed by atoms with Crippen molar-refractivity contribution in [2.45, 2.75) is 57.4 Å². The first kappa shape index (κ1) is 12.0. The van der Waals surface area contributed by atoms with E-state index in [1.807, 2.05) is 0 Å². The van der Waals surface area contributed by atoms with Crippen LogP contribution in [0.4, 0.5) is 0 Å². The average Bonchev–Trinajstić information content (AvgIpc) is 3.11. The van der Waals surface area contributed by atoms with Crippen LogP contribution in [0.25, 0.3) is 0 Å². The van der Waals surface area contributed by atoms with Crippen molar-refractivity contribution in [2.24, 2.45) is 11.8 Å². The summed E-state index contributed by atoms with van der Waals surface area (Å²) < 4.78 is 0. The first-order valence-corrected chi connectivity index (χ1v) is 7.86. The Hall–Kier alpha value is -0.0800. The van der Waals surface area contributed by atoms with Crippen LogP contribution < -0.4 is 5.32 Å². The number of rotatable bonds is 5. The minimum atomic E-state index is 0.944. The largest absolute Gasteiger partial charge is 0.316 e. The Morgan fingerprint density at radius 3 is 2.35 bits per heavy atom. The first-order chi connectivity index (χ1) is 8.42. The molecule has 1 heterocycles. The van der Waals surface area contributed by atoms with Gasteiger partial charge in [0, 0.05) is 12.6 Å². The lowest BCUT2D eigenvalue weighted by Gasteiger charge is -2.22. The van der Waals surface area contributed by atoms with Gasteiger partial charge in [-0.05, 0) is 63.6 Å². The highest BCUT2D eigenvalue weighted by atomic mass is 15.2. The van der Waals surface area contributed by atoms with Crippen LogP contribution in [0.15, 0.2) is 0 Å². The summed E-state index contributed by atoms with van der Waals surface area (Å²) in [6.45, 7) is 5.32. The quantitative estimate of drug-likeness (QED) is 0.789. The van der Waals surface area contributed by atoms with Crippen LogP contribution in [0.3, 0.4) is 0 Å². The van der Waals surface area contributed by atoms with Crippen LogP contribution in [-0.2, 0) is 0 Å². The minimum absolute atomic E-state index is 0.944. The lowest BCUT2D eigenvalue weighted by molar-refractivity contribution is 0.303. The predicted octanol–water partition coefficient (Wildman–Crippen LogP) is 2.64. The van der Waals surface area contributed by atoms with Gasteiger partial charge >= 0.3 is 0 Å². The molecule has 1 aliphatic heterocycles. The summed E-state index contributed by atoms with van der Waals surface area (Å²) in [6.07, 6.45) is 11.8. The van der Waals surface area contributed by atoms with Crippen molar-refractivity contribution in [3.63, 3.8) is 0 Å². The van der Waals surface area contributed by atoms with Crippen LogP contribution in [-0.4, -0.2) is 37.1 Å². The number of nitrogens with one attached hydrogen (secondary N) is 1. The molecule has 1 saturated heterocycles. The number of hydrogen-bond donors (Lipinski definition) is 1. The molecule has 0 aromatic heterocycles. The molecule has 2 aliphatic carbocycles. The van der Waals surface area contributed by atoms with Gasteiger partial charge < -0.3 is 10.2 Å². The smallest absolute Gasteiger partial charge is 0.00965 e. The summed E-state index contributed by atoms with van der Waals surface area (Å²) >= 11 is 0. The van der Waals surface area contributed by atoms with Gasteiger partial charge in [-0.3, -0.25) is 0 Å². The van der Waals surface area contributed by atoms with Crippen LogP contribution in [0.2, 0.25) is 0 Å². The topological polar surface area (TPSA) is 15.3 Å². The third-order valence-corrected chi connectivity index (χ3v) is 4.97. The van der Waals surface area contributed by atoms with E-state index in [9.17, 15) is 0 Å². The average molecular weight is 236 g/mol. The second-order valence-electron chi connectivity index (χ2n) is 6.54. The normalized spacial score (nSPS) is 32.1. The van der Waals surface area contributed by atoms with E-state index < -0.39 is 0 Å². The van der Waals surface area contributed by atoms with Crippen LogP contribution in [0.1, 0.15) is 51.4 Å². The van der Waals surface area contributed by atoms with Gasteiger partial charge in [-0.15, -0.1) is 0 Å². The zero-order chi connectivity index (χ0) is 11.5. The van der Waals surface area contributed by atoms with Gasteiger partial charge in [0.2, 0.25) is 0 Å². The molecule has 0 aromatic rings. The second kappa shape index (κ2) is 5.71. The number of likely N-dealkylation sites (tertiary alicyclic amines) is 1. The molecule has 1 atom stereocenters. The molecular formula is C15H28N2. The van der Waals surface area contributed by atoms with Crippen LogP contribution in [0, 0.1) is 11.8 Å². The highest BCUT2D eigenvalue weighted by molar-refractivity contribution is 4.90. The van der Waals surface area contributed by atoms with E-state index in [0.29, 0.717) is 0 Å². The molecule has 0 spiro atoms. The van der Waals surface area contributed by atoms with E-state index in [-0.39, 0.29) is 0 Å². The molecule has 98 valence electrons. The predicted molar refractivity (Wildman–Crippen MR) is 72.1 cm³/mol. The van der Waals surface area contributed by atoms with Crippen molar-refractivity contribution in [2.75, 3.05) is 26.2 Å². The zero-order valence-corrected chi connectivity index (χ0v) is 11.2. The number of nitrogens with zero attached hydrogens (tertiary/aromatic N) is 1. The van der Waals surface area contributed by atoms with Crippen LogP contribution >= 0.6 is 0 Å². The molecular weight excluding hydrogens is 208 g/mol. The molecule has 0 radical (unpaired) electrons. The Bertz CT molecular complexity index is 231. The SMILES string of the molecule is C1CCC(CNCC2CCN(C3CC3)C2)CC1. The Morgan fingerprint density at radius 2 is 1.59 bits per heavy atom. The molecule has 3 fully saturated rings. The molecule has 2 heteroatoms. The molecule has 0 amide bonds. The third kappa shape index (κ3) is 3.45. The highest BCUT2D eigenvalue weighted by Gasteiger charge is 2.34. The van der Waals surface area contributed by atoms with Crippen molar-refractivity contribution in [3.8, 4) is 0 Å². The van der Waals surface area contributed by atoms with Gasteiger partial charge in [-0.1, -0.05) is 19.3 Å². The summed E-state index contributed by atoms with van der Waals surface area (Å²) in [5, 5.41) is 3.75. The maximum Gasteiger partial charge on any atom is 0.00965 e. The lowest BCUT2D eigenvalue weighted by Crippen LogP contribution is -2.31. The summed E-state index contributed by atoms with van der Waals surface area (Å²) in [5.41, 5.74) is 0. The first-order valence-electron chi connectivity index (χ1n) is 7.86. The maximum absolute atomic E-state index is 3.75. The fourth-order valence-electron chi connectivity index (χ4n) is 3.68. The second-order valence-corrected chi connectivity index (χ2v) is 6.54. The van der Waals surface area contributed by atoms with Gasteiger partial charge in [-0.25, -0.2) is 0 Å². The van der Waals surface area contributed by atoms with Gasteiger partial charge in [0.1, 0.15) is 0 Å². The summed E-state index contributed by atoms with van der Waals surface area (Å²) in [4.78, 5) is 2.73. The molecule has 1 unspecified atom stereocenters. The van der Waals surface area contributed by atoms with E-state index in [4.69, 9.17) is 0 Å². The molecule has 2 saturated carbocycles. The van der Waals surface area contributed by atoms with E-state index in [1.54, 1.807) is 0 Å². The monoisotopic (exact) mass is 236 g/mol. The van der Waals surface area contributed by atoms with Crippen LogP contribution in [0.5, 0.6) is 0 Å². The van der Waals surface area contributed by atoms with Crippen molar-refractivity contribution in [3.05, 3.63) is 0 Å². The lowest BCUT2D eigenvalue weighted by atomic mass is 9.89. The van der Waals surface area contributed by atoms with Gasteiger partial charge in [0.25, 0.3) is 0 Å². The van der Waals surface area contributed by atoms with Gasteiger partial charge in [0.05, 0.1) is 0 Å². The molecule has 3 aliphatic rings. The molecule has 3 rings (SSSR count). The molecule has 2 nitrogen and oxygen atoms in total. The molecule has 0 aromatic carbocycles. The van der Waals surface area contributed by atoms with E-state index >= 15 is 0 Å². The standard InChI is InChI=1S/C15H28N2/c1-2-4-13(5-3-1)10-16-11-14-8-9-17(12-14)15-6-7-15/h13-16H,1-12H2. The van der Waals surface area contributed by atoms with E-state index in [0.717, 1.165) is 17.9 Å². The Labute approximate surface area is 106 Å². The van der Waals surface area contributed by atoms with E-state index in [2.05, 4.69) is 10.2 Å². The van der Waals surface area contributed by atoms with Gasteiger partial charge in [0.15, 0.2) is 0 Å². The summed E-state index contributed by atoms with van der Waals surface area (Å²) in [7, 11) is 0. The Morgan fingerprint density at radius 1 is 0.824 bits per heavy atom. The summed E-state index contributed by atoms with van der Waals surface area (Å²) in [5.74, 6) is 1.93. The molecule has 1 N–H and O–H groups in total. The zero-order valence-electron chi connectivity index (χ0n) is 11.2. The van der Waals surface area contributed by atoms with Crippen molar-refractivity contribution < 1.29 is 0 Å². The Kier molecular flexibility index (Phi) is 4.02. The van der Waals surface area contributed by atoms with E-state index in [1.165, 1.54) is 77.5 Å². The van der Waals surface area contributed by atoms with Gasteiger partial charge in [-0.2, -0.15) is 0 Å². The minimum Gasteiger partial charge on any atom is -0.316 e. The molecule has 17 heavy (non-hydrogen) atoms. The fraction of sp³-hybridized carbons (Fsp3) is 1.00.